The lowest BCUT2D eigenvalue weighted by molar-refractivity contribution is 0.104. The van der Waals surface area contributed by atoms with Crippen LogP contribution in [0.2, 0.25) is 5.02 Å². The minimum absolute atomic E-state index is 0.164. The van der Waals surface area contributed by atoms with Crippen molar-refractivity contribution in [1.82, 2.24) is 4.98 Å². The SMILES string of the molecule is COc1ccc(Cl)cc1C(=O)/C=C/c1cccnc1. The molecule has 0 fully saturated rings. The number of rotatable bonds is 4. The van der Waals surface area contributed by atoms with Gasteiger partial charge in [-0.05, 0) is 42.0 Å². The maximum absolute atomic E-state index is 12.1. The van der Waals surface area contributed by atoms with Gasteiger partial charge in [0, 0.05) is 17.4 Å². The summed E-state index contributed by atoms with van der Waals surface area (Å²) in [4.78, 5) is 16.1. The number of allylic oxidation sites excluding steroid dienone is 1. The molecule has 1 heterocycles. The first-order chi connectivity index (χ1) is 9.20. The van der Waals surface area contributed by atoms with Crippen LogP contribution in [-0.4, -0.2) is 17.9 Å². The van der Waals surface area contributed by atoms with Gasteiger partial charge in [-0.2, -0.15) is 0 Å². The molecule has 0 aliphatic carbocycles. The minimum Gasteiger partial charge on any atom is -0.496 e. The molecule has 0 saturated carbocycles. The number of benzene rings is 1. The largest absolute Gasteiger partial charge is 0.496 e. The van der Waals surface area contributed by atoms with Gasteiger partial charge in [0.2, 0.25) is 0 Å². The van der Waals surface area contributed by atoms with E-state index in [1.165, 1.54) is 13.2 Å². The summed E-state index contributed by atoms with van der Waals surface area (Å²) in [5.74, 6) is 0.341. The predicted octanol–water partition coefficient (Wildman–Crippen LogP) is 3.64. The molecule has 1 aromatic heterocycles. The Morgan fingerprint density at radius 1 is 1.37 bits per heavy atom. The first kappa shape index (κ1) is 13.3. The van der Waals surface area contributed by atoms with Gasteiger partial charge in [0.15, 0.2) is 5.78 Å². The maximum Gasteiger partial charge on any atom is 0.189 e. The summed E-state index contributed by atoms with van der Waals surface area (Å²) in [7, 11) is 1.52. The van der Waals surface area contributed by atoms with E-state index in [-0.39, 0.29) is 5.78 Å². The van der Waals surface area contributed by atoms with Gasteiger partial charge < -0.3 is 4.74 Å². The van der Waals surface area contributed by atoms with Crippen LogP contribution in [0.25, 0.3) is 6.08 Å². The van der Waals surface area contributed by atoms with Crippen molar-refractivity contribution in [1.29, 1.82) is 0 Å². The van der Waals surface area contributed by atoms with Crippen LogP contribution in [0.1, 0.15) is 15.9 Å². The van der Waals surface area contributed by atoms with Crippen LogP contribution in [-0.2, 0) is 0 Å². The van der Waals surface area contributed by atoms with Gasteiger partial charge >= 0.3 is 0 Å². The monoisotopic (exact) mass is 273 g/mol. The number of hydrogen-bond donors (Lipinski definition) is 0. The molecular formula is C15H12ClNO2. The van der Waals surface area contributed by atoms with E-state index in [0.717, 1.165) is 5.56 Å². The van der Waals surface area contributed by atoms with Crippen LogP contribution in [0.3, 0.4) is 0 Å². The van der Waals surface area contributed by atoms with E-state index < -0.39 is 0 Å². The van der Waals surface area contributed by atoms with Crippen LogP contribution in [0.4, 0.5) is 0 Å². The number of aromatic nitrogens is 1. The van der Waals surface area contributed by atoms with Crippen molar-refractivity contribution >= 4 is 23.5 Å². The third-order valence-corrected chi connectivity index (χ3v) is 2.77. The van der Waals surface area contributed by atoms with Gasteiger partial charge in [-0.3, -0.25) is 9.78 Å². The van der Waals surface area contributed by atoms with E-state index in [9.17, 15) is 4.79 Å². The Labute approximate surface area is 116 Å². The predicted molar refractivity (Wildman–Crippen MR) is 75.6 cm³/mol. The molecule has 96 valence electrons. The lowest BCUT2D eigenvalue weighted by Crippen LogP contribution is -1.98. The van der Waals surface area contributed by atoms with Gasteiger partial charge in [-0.1, -0.05) is 17.7 Å². The van der Waals surface area contributed by atoms with Gasteiger partial charge in [-0.15, -0.1) is 0 Å². The molecule has 0 radical (unpaired) electrons. The number of carbonyl (C=O) groups excluding carboxylic acids is 1. The summed E-state index contributed by atoms with van der Waals surface area (Å²) in [5.41, 5.74) is 1.30. The van der Waals surface area contributed by atoms with Crippen molar-refractivity contribution in [3.05, 3.63) is 65.0 Å². The van der Waals surface area contributed by atoms with Crippen molar-refractivity contribution in [2.45, 2.75) is 0 Å². The summed E-state index contributed by atoms with van der Waals surface area (Å²) in [6.07, 6.45) is 6.54. The van der Waals surface area contributed by atoms with Gasteiger partial charge in [0.25, 0.3) is 0 Å². The summed E-state index contributed by atoms with van der Waals surface area (Å²) in [5, 5.41) is 0.499. The van der Waals surface area contributed by atoms with E-state index in [0.29, 0.717) is 16.3 Å². The smallest absolute Gasteiger partial charge is 0.189 e. The average molecular weight is 274 g/mol. The first-order valence-electron chi connectivity index (χ1n) is 5.66. The van der Waals surface area contributed by atoms with Crippen LogP contribution < -0.4 is 4.74 Å². The molecule has 0 unspecified atom stereocenters. The van der Waals surface area contributed by atoms with Gasteiger partial charge in [-0.25, -0.2) is 0 Å². The molecule has 2 aromatic rings. The lowest BCUT2D eigenvalue weighted by Gasteiger charge is -2.05. The number of pyridine rings is 1. The molecule has 3 nitrogen and oxygen atoms in total. The molecule has 0 aliphatic heterocycles. The fourth-order valence-corrected chi connectivity index (χ4v) is 1.78. The highest BCUT2D eigenvalue weighted by Gasteiger charge is 2.10. The Kier molecular flexibility index (Phi) is 4.31. The second-order valence-electron chi connectivity index (χ2n) is 3.83. The molecule has 0 spiro atoms. The number of ether oxygens (including phenoxy) is 1. The van der Waals surface area contributed by atoms with E-state index in [1.54, 1.807) is 36.7 Å². The van der Waals surface area contributed by atoms with E-state index in [4.69, 9.17) is 16.3 Å². The van der Waals surface area contributed by atoms with Crippen molar-refractivity contribution in [2.75, 3.05) is 7.11 Å². The number of ketones is 1. The Morgan fingerprint density at radius 3 is 2.89 bits per heavy atom. The zero-order valence-electron chi connectivity index (χ0n) is 10.3. The van der Waals surface area contributed by atoms with E-state index in [1.807, 2.05) is 12.1 Å². The molecule has 0 aliphatic rings. The molecule has 0 saturated heterocycles. The lowest BCUT2D eigenvalue weighted by atomic mass is 10.1. The molecule has 1 aromatic carbocycles. The fourth-order valence-electron chi connectivity index (χ4n) is 1.61. The Hall–Kier alpha value is -2.13. The van der Waals surface area contributed by atoms with Crippen molar-refractivity contribution < 1.29 is 9.53 Å². The number of nitrogens with zero attached hydrogens (tertiary/aromatic N) is 1. The number of carbonyl (C=O) groups is 1. The summed E-state index contributed by atoms with van der Waals surface area (Å²) in [6.45, 7) is 0. The molecule has 0 N–H and O–H groups in total. The van der Waals surface area contributed by atoms with Crippen LogP contribution in [0.5, 0.6) is 5.75 Å². The summed E-state index contributed by atoms with van der Waals surface area (Å²) in [6, 6.07) is 8.63. The van der Waals surface area contributed by atoms with Crippen LogP contribution in [0, 0.1) is 0 Å². The quantitative estimate of drug-likeness (QED) is 0.631. The zero-order valence-corrected chi connectivity index (χ0v) is 11.1. The first-order valence-corrected chi connectivity index (χ1v) is 6.04. The van der Waals surface area contributed by atoms with Crippen molar-refractivity contribution in [3.8, 4) is 5.75 Å². The van der Waals surface area contributed by atoms with Gasteiger partial charge in [0.1, 0.15) is 5.75 Å². The molecule has 0 amide bonds. The van der Waals surface area contributed by atoms with Crippen LogP contribution >= 0.6 is 11.6 Å². The van der Waals surface area contributed by atoms with E-state index >= 15 is 0 Å². The molecule has 2 rings (SSSR count). The minimum atomic E-state index is -0.164. The zero-order chi connectivity index (χ0) is 13.7. The summed E-state index contributed by atoms with van der Waals surface area (Å²) >= 11 is 5.89. The molecule has 4 heteroatoms. The molecule has 19 heavy (non-hydrogen) atoms. The standard InChI is InChI=1S/C15H12ClNO2/c1-19-15-7-5-12(16)9-13(15)14(18)6-4-11-3-2-8-17-10-11/h2-10H,1H3/b6-4+. The highest BCUT2D eigenvalue weighted by atomic mass is 35.5. The number of hydrogen-bond acceptors (Lipinski definition) is 3. The van der Waals surface area contributed by atoms with E-state index in [2.05, 4.69) is 4.98 Å². The Morgan fingerprint density at radius 2 is 2.21 bits per heavy atom. The highest BCUT2D eigenvalue weighted by molar-refractivity contribution is 6.31. The second kappa shape index (κ2) is 6.16. The third kappa shape index (κ3) is 3.42. The van der Waals surface area contributed by atoms with Gasteiger partial charge in [0.05, 0.1) is 12.7 Å². The van der Waals surface area contributed by atoms with Crippen molar-refractivity contribution in [3.63, 3.8) is 0 Å². The highest BCUT2D eigenvalue weighted by Crippen LogP contribution is 2.23. The third-order valence-electron chi connectivity index (χ3n) is 2.54. The number of halogens is 1. The molecule has 0 bridgehead atoms. The van der Waals surface area contributed by atoms with Crippen LogP contribution in [0.15, 0.2) is 48.8 Å². The van der Waals surface area contributed by atoms with Crippen molar-refractivity contribution in [2.24, 2.45) is 0 Å². The fraction of sp³-hybridized carbons (Fsp3) is 0.0667. The molecular weight excluding hydrogens is 262 g/mol. The maximum atomic E-state index is 12.1. The topological polar surface area (TPSA) is 39.2 Å². The normalized spacial score (nSPS) is 10.6. The summed E-state index contributed by atoms with van der Waals surface area (Å²) < 4.78 is 5.15. The number of methoxy groups -OCH3 is 1. The Bertz CT molecular complexity index is 609. The Balaban J connectivity index is 2.25. The second-order valence-corrected chi connectivity index (χ2v) is 4.26. The average Bonchev–Trinajstić information content (AvgIpc) is 2.46. The molecule has 0 atom stereocenters.